The number of carbonyl (C=O) groups is 2. The van der Waals surface area contributed by atoms with E-state index in [4.69, 9.17) is 0 Å². The average molecular weight is 573 g/mol. The molecule has 7 nitrogen and oxygen atoms in total. The number of benzene rings is 3. The highest BCUT2D eigenvalue weighted by Gasteiger charge is 2.32. The number of amides is 2. The zero-order valence-corrected chi connectivity index (χ0v) is 23.1. The van der Waals surface area contributed by atoms with Crippen molar-refractivity contribution in [1.29, 1.82) is 0 Å². The maximum atomic E-state index is 13.7. The molecular weight excluding hydrogens is 542 g/mol. The number of anilines is 1. The number of carbonyl (C=O) groups excluding carboxylic acids is 2. The number of nitrogens with zero attached hydrogens (tertiary/aromatic N) is 2. The Kier molecular flexibility index (Phi) is 8.92. The van der Waals surface area contributed by atoms with Crippen molar-refractivity contribution in [3.63, 3.8) is 0 Å². The Bertz CT molecular complexity index is 1330. The van der Waals surface area contributed by atoms with Crippen molar-refractivity contribution in [1.82, 2.24) is 10.2 Å². The van der Waals surface area contributed by atoms with Crippen LogP contribution < -0.4 is 9.62 Å². The Morgan fingerprint density at radius 1 is 0.944 bits per heavy atom. The minimum absolute atomic E-state index is 0.0772. The molecule has 0 bridgehead atoms. The van der Waals surface area contributed by atoms with Gasteiger partial charge in [0.05, 0.1) is 10.6 Å². The van der Waals surface area contributed by atoms with E-state index in [1.54, 1.807) is 43.3 Å². The van der Waals surface area contributed by atoms with E-state index in [1.165, 1.54) is 24.1 Å². The number of sulfonamides is 1. The highest BCUT2D eigenvalue weighted by Crippen LogP contribution is 2.26. The van der Waals surface area contributed by atoms with Gasteiger partial charge in [0.25, 0.3) is 10.0 Å². The lowest BCUT2D eigenvalue weighted by Gasteiger charge is -2.32. The predicted octanol–water partition coefficient (Wildman–Crippen LogP) is 4.42. The van der Waals surface area contributed by atoms with Crippen LogP contribution in [0.5, 0.6) is 0 Å². The highest BCUT2D eigenvalue weighted by atomic mass is 79.9. The second kappa shape index (κ2) is 11.7. The van der Waals surface area contributed by atoms with Crippen LogP contribution in [0.2, 0.25) is 0 Å². The number of nitrogens with one attached hydrogen (secondary N) is 1. The van der Waals surface area contributed by atoms with Gasteiger partial charge in [-0.25, -0.2) is 8.42 Å². The molecule has 190 valence electrons. The third-order valence-corrected chi connectivity index (χ3v) is 8.17. The molecule has 36 heavy (non-hydrogen) atoms. The third-order valence-electron chi connectivity index (χ3n) is 5.85. The number of rotatable bonds is 9. The smallest absolute Gasteiger partial charge is 0.264 e. The lowest BCUT2D eigenvalue weighted by molar-refractivity contribution is -0.139. The molecule has 0 aliphatic heterocycles. The first kappa shape index (κ1) is 27.4. The molecule has 0 aliphatic rings. The molecular formula is C27H30BrN3O4S. The third kappa shape index (κ3) is 6.53. The standard InChI is InChI=1S/C27H30BrN3O4S/c1-19-8-14-25(15-9-19)36(34,35)31(24-12-10-23(28)11-13-24)18-26(32)30(21(3)27(33)29-4)17-22-7-5-6-20(2)16-22/h5-16,21H,17-18H2,1-4H3,(H,29,33)/t21-/m1/s1. The Hall–Kier alpha value is -3.17. The summed E-state index contributed by atoms with van der Waals surface area (Å²) in [5, 5.41) is 2.58. The molecule has 9 heteroatoms. The summed E-state index contributed by atoms with van der Waals surface area (Å²) in [6.45, 7) is 5.14. The minimum atomic E-state index is -4.07. The second-order valence-corrected chi connectivity index (χ2v) is 11.4. The Morgan fingerprint density at radius 2 is 1.58 bits per heavy atom. The van der Waals surface area contributed by atoms with Crippen molar-refractivity contribution >= 4 is 43.5 Å². The molecule has 0 saturated carbocycles. The summed E-state index contributed by atoms with van der Waals surface area (Å²) in [5.41, 5.74) is 3.13. The summed E-state index contributed by atoms with van der Waals surface area (Å²) >= 11 is 3.37. The minimum Gasteiger partial charge on any atom is -0.357 e. The molecule has 0 fully saturated rings. The molecule has 0 heterocycles. The molecule has 0 spiro atoms. The molecule has 0 radical (unpaired) electrons. The van der Waals surface area contributed by atoms with Crippen LogP contribution in [-0.4, -0.2) is 44.8 Å². The largest absolute Gasteiger partial charge is 0.357 e. The second-order valence-electron chi connectivity index (χ2n) is 8.60. The van der Waals surface area contributed by atoms with Gasteiger partial charge in [0.15, 0.2) is 0 Å². The van der Waals surface area contributed by atoms with Crippen LogP contribution in [0.25, 0.3) is 0 Å². The number of likely N-dealkylation sites (N-methyl/N-ethyl adjacent to an activating group) is 1. The van der Waals surface area contributed by atoms with Crippen molar-refractivity contribution < 1.29 is 18.0 Å². The van der Waals surface area contributed by atoms with Crippen molar-refractivity contribution in [2.45, 2.75) is 38.3 Å². The van der Waals surface area contributed by atoms with Crippen LogP contribution >= 0.6 is 15.9 Å². The van der Waals surface area contributed by atoms with Crippen molar-refractivity contribution in [2.24, 2.45) is 0 Å². The Labute approximate surface area is 221 Å². The quantitative estimate of drug-likeness (QED) is 0.411. The normalized spacial score (nSPS) is 12.0. The SMILES string of the molecule is CNC(=O)[C@@H](C)N(Cc1cccc(C)c1)C(=O)CN(c1ccc(Br)cc1)S(=O)(=O)c1ccc(C)cc1. The first-order chi connectivity index (χ1) is 17.0. The summed E-state index contributed by atoms with van der Waals surface area (Å²) < 4.78 is 29.3. The van der Waals surface area contributed by atoms with Gasteiger partial charge in [-0.15, -0.1) is 0 Å². The zero-order chi connectivity index (χ0) is 26.5. The first-order valence-electron chi connectivity index (χ1n) is 11.4. The number of hydrogen-bond acceptors (Lipinski definition) is 4. The van der Waals surface area contributed by atoms with Crippen LogP contribution in [0.3, 0.4) is 0 Å². The zero-order valence-electron chi connectivity index (χ0n) is 20.7. The summed E-state index contributed by atoms with van der Waals surface area (Å²) in [7, 11) is -2.57. The van der Waals surface area contributed by atoms with Gasteiger partial charge >= 0.3 is 0 Å². The lowest BCUT2D eigenvalue weighted by atomic mass is 10.1. The summed E-state index contributed by atoms with van der Waals surface area (Å²) in [6, 6.07) is 20.0. The maximum absolute atomic E-state index is 13.7. The lowest BCUT2D eigenvalue weighted by Crippen LogP contribution is -2.50. The van der Waals surface area contributed by atoms with Crippen LogP contribution in [-0.2, 0) is 26.2 Å². The van der Waals surface area contributed by atoms with Crippen LogP contribution in [0, 0.1) is 13.8 Å². The molecule has 0 unspecified atom stereocenters. The van der Waals surface area contributed by atoms with Crippen molar-refractivity contribution in [2.75, 3.05) is 17.9 Å². The first-order valence-corrected chi connectivity index (χ1v) is 13.7. The highest BCUT2D eigenvalue weighted by molar-refractivity contribution is 9.10. The van der Waals surface area contributed by atoms with Gasteiger partial charge in [0.2, 0.25) is 11.8 Å². The van der Waals surface area contributed by atoms with Crippen molar-refractivity contribution in [3.05, 3.63) is 94.0 Å². The van der Waals surface area contributed by atoms with Gasteiger partial charge in [-0.05, 0) is 62.7 Å². The van der Waals surface area contributed by atoms with E-state index in [0.717, 1.165) is 25.5 Å². The predicted molar refractivity (Wildman–Crippen MR) is 145 cm³/mol. The van der Waals surface area contributed by atoms with E-state index < -0.39 is 28.5 Å². The Balaban J connectivity index is 2.02. The molecule has 1 atom stereocenters. The maximum Gasteiger partial charge on any atom is 0.264 e. The molecule has 3 rings (SSSR count). The molecule has 0 aliphatic carbocycles. The monoisotopic (exact) mass is 571 g/mol. The fraction of sp³-hybridized carbons (Fsp3) is 0.259. The average Bonchev–Trinajstić information content (AvgIpc) is 2.85. The summed E-state index contributed by atoms with van der Waals surface area (Å²) in [5.74, 6) is -0.834. The topological polar surface area (TPSA) is 86.8 Å². The fourth-order valence-electron chi connectivity index (χ4n) is 3.77. The fourth-order valence-corrected chi connectivity index (χ4v) is 5.45. The van der Waals surface area contributed by atoms with E-state index in [1.807, 2.05) is 38.1 Å². The van der Waals surface area contributed by atoms with Crippen LogP contribution in [0.1, 0.15) is 23.6 Å². The summed E-state index contributed by atoms with van der Waals surface area (Å²) in [6.07, 6.45) is 0. The van der Waals surface area contributed by atoms with Gasteiger partial charge in [0.1, 0.15) is 12.6 Å². The molecule has 3 aromatic rings. The number of halogens is 1. The van der Waals surface area contributed by atoms with Crippen molar-refractivity contribution in [3.8, 4) is 0 Å². The Morgan fingerprint density at radius 3 is 2.17 bits per heavy atom. The van der Waals surface area contributed by atoms with Crippen LogP contribution in [0.15, 0.2) is 82.2 Å². The van der Waals surface area contributed by atoms with E-state index in [0.29, 0.717) is 5.69 Å². The van der Waals surface area contributed by atoms with Crippen LogP contribution in [0.4, 0.5) is 5.69 Å². The van der Waals surface area contributed by atoms with Gasteiger partial charge in [-0.2, -0.15) is 0 Å². The molecule has 1 N–H and O–H groups in total. The van der Waals surface area contributed by atoms with Gasteiger partial charge in [0, 0.05) is 18.1 Å². The molecule has 0 saturated heterocycles. The number of aryl methyl sites for hydroxylation is 2. The summed E-state index contributed by atoms with van der Waals surface area (Å²) in [4.78, 5) is 27.7. The van der Waals surface area contributed by atoms with E-state index in [9.17, 15) is 18.0 Å². The molecule has 2 amide bonds. The van der Waals surface area contributed by atoms with Gasteiger partial charge < -0.3 is 10.2 Å². The van der Waals surface area contributed by atoms with Gasteiger partial charge in [-0.1, -0.05) is 63.5 Å². The number of hydrogen-bond donors (Lipinski definition) is 1. The van der Waals surface area contributed by atoms with E-state index >= 15 is 0 Å². The van der Waals surface area contributed by atoms with Gasteiger partial charge in [-0.3, -0.25) is 13.9 Å². The van der Waals surface area contributed by atoms with E-state index in [2.05, 4.69) is 21.2 Å². The molecule has 0 aromatic heterocycles. The molecule has 3 aromatic carbocycles. The van der Waals surface area contributed by atoms with E-state index in [-0.39, 0.29) is 17.3 Å².